The second-order valence-corrected chi connectivity index (χ2v) is 7.80. The lowest BCUT2D eigenvalue weighted by Gasteiger charge is -2.39. The summed E-state index contributed by atoms with van der Waals surface area (Å²) < 4.78 is 16.6. The Labute approximate surface area is 206 Å². The minimum atomic E-state index is -0.151. The Morgan fingerprint density at radius 3 is 2.55 bits per heavy atom. The first-order chi connectivity index (χ1) is 14.6. The van der Waals surface area contributed by atoms with Crippen molar-refractivity contribution < 1.29 is 14.2 Å². The van der Waals surface area contributed by atoms with Crippen molar-refractivity contribution in [2.45, 2.75) is 24.8 Å². The third-order valence-corrected chi connectivity index (χ3v) is 5.83. The monoisotopic (exact) mass is 559 g/mol. The van der Waals surface area contributed by atoms with Crippen LogP contribution in [0.25, 0.3) is 0 Å². The summed E-state index contributed by atoms with van der Waals surface area (Å²) in [6.07, 6.45) is 1.76. The zero-order chi connectivity index (χ0) is 21.4. The smallest absolute Gasteiger partial charge is 0.191 e. The van der Waals surface area contributed by atoms with Crippen LogP contribution in [0.15, 0.2) is 47.5 Å². The lowest BCUT2D eigenvalue weighted by Crippen LogP contribution is -2.48. The Balaban J connectivity index is 0.00000341. The van der Waals surface area contributed by atoms with Gasteiger partial charge in [-0.2, -0.15) is 0 Å². The molecule has 0 spiro atoms. The molecule has 170 valence electrons. The van der Waals surface area contributed by atoms with Crippen LogP contribution in [-0.4, -0.2) is 47.0 Å². The molecule has 3 rings (SSSR count). The predicted octanol–water partition coefficient (Wildman–Crippen LogP) is 4.39. The average Bonchev–Trinajstić information content (AvgIpc) is 2.80. The molecular formula is C23H31ClIN3O3. The van der Waals surface area contributed by atoms with Crippen molar-refractivity contribution in [3.8, 4) is 11.5 Å². The number of guanidine groups is 1. The minimum absolute atomic E-state index is 0. The van der Waals surface area contributed by atoms with Crippen LogP contribution < -0.4 is 20.1 Å². The molecular weight excluding hydrogens is 529 g/mol. The van der Waals surface area contributed by atoms with E-state index < -0.39 is 0 Å². The van der Waals surface area contributed by atoms with E-state index in [9.17, 15) is 0 Å². The maximum atomic E-state index is 6.33. The summed E-state index contributed by atoms with van der Waals surface area (Å²) in [5.74, 6) is 2.43. The molecule has 0 saturated carbocycles. The van der Waals surface area contributed by atoms with Crippen molar-refractivity contribution in [3.05, 3.63) is 58.6 Å². The van der Waals surface area contributed by atoms with Gasteiger partial charge in [-0.3, -0.25) is 4.99 Å². The topological polar surface area (TPSA) is 64.1 Å². The van der Waals surface area contributed by atoms with Crippen molar-refractivity contribution in [3.63, 3.8) is 0 Å². The number of nitrogens with zero attached hydrogens (tertiary/aromatic N) is 1. The third kappa shape index (κ3) is 6.63. The molecule has 8 heteroatoms. The first-order valence-electron chi connectivity index (χ1n) is 10.1. The number of hydrogen-bond acceptors (Lipinski definition) is 4. The number of hydrogen-bond donors (Lipinski definition) is 2. The summed E-state index contributed by atoms with van der Waals surface area (Å²) in [5.41, 5.74) is 2.08. The molecule has 2 aromatic carbocycles. The van der Waals surface area contributed by atoms with E-state index in [-0.39, 0.29) is 29.4 Å². The highest BCUT2D eigenvalue weighted by atomic mass is 127. The van der Waals surface area contributed by atoms with Crippen molar-refractivity contribution in [1.29, 1.82) is 0 Å². The van der Waals surface area contributed by atoms with Crippen LogP contribution in [0.1, 0.15) is 24.0 Å². The summed E-state index contributed by atoms with van der Waals surface area (Å²) in [6.45, 7) is 2.75. The van der Waals surface area contributed by atoms with Gasteiger partial charge >= 0.3 is 0 Å². The van der Waals surface area contributed by atoms with Gasteiger partial charge in [0.25, 0.3) is 0 Å². The summed E-state index contributed by atoms with van der Waals surface area (Å²) in [4.78, 5) is 4.39. The van der Waals surface area contributed by atoms with Crippen LogP contribution in [0.5, 0.6) is 11.5 Å². The number of halogens is 2. The summed E-state index contributed by atoms with van der Waals surface area (Å²) in [7, 11) is 5.14. The summed E-state index contributed by atoms with van der Waals surface area (Å²) in [5, 5.41) is 7.59. The van der Waals surface area contributed by atoms with Crippen molar-refractivity contribution in [2.75, 3.05) is 41.0 Å². The molecule has 0 aromatic heterocycles. The third-order valence-electron chi connectivity index (χ3n) is 5.59. The van der Waals surface area contributed by atoms with Crippen molar-refractivity contribution >= 4 is 41.5 Å². The highest BCUT2D eigenvalue weighted by Gasteiger charge is 2.37. The lowest BCUT2D eigenvalue weighted by atomic mass is 9.73. The first-order valence-corrected chi connectivity index (χ1v) is 10.5. The highest BCUT2D eigenvalue weighted by Crippen LogP contribution is 2.40. The first kappa shape index (κ1) is 25.5. The summed E-state index contributed by atoms with van der Waals surface area (Å²) in [6, 6.07) is 13.8. The Morgan fingerprint density at radius 2 is 1.87 bits per heavy atom. The molecule has 0 bridgehead atoms. The van der Waals surface area contributed by atoms with E-state index in [4.69, 9.17) is 25.8 Å². The van der Waals surface area contributed by atoms with E-state index in [1.54, 1.807) is 21.3 Å². The Kier molecular flexibility index (Phi) is 10.2. The quantitative estimate of drug-likeness (QED) is 0.299. The van der Waals surface area contributed by atoms with E-state index in [0.717, 1.165) is 41.4 Å². The van der Waals surface area contributed by atoms with E-state index in [0.29, 0.717) is 31.3 Å². The molecule has 2 N–H and O–H groups in total. The number of rotatable bonds is 7. The maximum Gasteiger partial charge on any atom is 0.191 e. The van der Waals surface area contributed by atoms with Gasteiger partial charge in [0, 0.05) is 49.4 Å². The van der Waals surface area contributed by atoms with Crippen LogP contribution in [0, 0.1) is 0 Å². The van der Waals surface area contributed by atoms with Gasteiger partial charge < -0.3 is 24.8 Å². The zero-order valence-electron chi connectivity index (χ0n) is 18.2. The van der Waals surface area contributed by atoms with Gasteiger partial charge in [-0.1, -0.05) is 23.7 Å². The van der Waals surface area contributed by atoms with Gasteiger partial charge in [-0.25, -0.2) is 0 Å². The fourth-order valence-corrected chi connectivity index (χ4v) is 4.01. The minimum Gasteiger partial charge on any atom is -0.497 e. The molecule has 0 atom stereocenters. The number of aliphatic imine (C=N–C) groups is 1. The fraction of sp³-hybridized carbons (Fsp3) is 0.435. The van der Waals surface area contributed by atoms with Gasteiger partial charge in [0.15, 0.2) is 5.96 Å². The van der Waals surface area contributed by atoms with Gasteiger partial charge in [0.2, 0.25) is 0 Å². The van der Waals surface area contributed by atoms with Gasteiger partial charge in [-0.05, 0) is 48.7 Å². The van der Waals surface area contributed by atoms with Crippen LogP contribution in [0.4, 0.5) is 0 Å². The van der Waals surface area contributed by atoms with E-state index in [1.165, 1.54) is 0 Å². The van der Waals surface area contributed by atoms with Gasteiger partial charge in [0.05, 0.1) is 14.2 Å². The standard InChI is InChI=1S/C23H30ClN3O3.HI/c1-25-22(26-15-17-5-4-6-19(13-17)28-2)27-16-23(9-11-30-12-10-23)20-14-18(24)7-8-21(20)29-3;/h4-8,13-14H,9-12,15-16H2,1-3H3,(H2,25,26,27);1H. The maximum absolute atomic E-state index is 6.33. The largest absolute Gasteiger partial charge is 0.497 e. The average molecular weight is 560 g/mol. The molecule has 31 heavy (non-hydrogen) atoms. The second-order valence-electron chi connectivity index (χ2n) is 7.37. The number of ether oxygens (including phenoxy) is 3. The lowest BCUT2D eigenvalue weighted by molar-refractivity contribution is 0.0505. The SMILES string of the molecule is CN=C(NCc1cccc(OC)c1)NCC1(c2cc(Cl)ccc2OC)CCOCC1.I. The Hall–Kier alpha value is -1.71. The van der Waals surface area contributed by atoms with Crippen LogP contribution >= 0.6 is 35.6 Å². The van der Waals surface area contributed by atoms with Crippen LogP contribution in [0.2, 0.25) is 5.02 Å². The fourth-order valence-electron chi connectivity index (χ4n) is 3.84. The molecule has 1 aliphatic rings. The molecule has 1 aliphatic heterocycles. The molecule has 0 aliphatic carbocycles. The summed E-state index contributed by atoms with van der Waals surface area (Å²) >= 11 is 6.33. The normalized spacial score (nSPS) is 15.5. The van der Waals surface area contributed by atoms with E-state index >= 15 is 0 Å². The van der Waals surface area contributed by atoms with Crippen molar-refractivity contribution in [2.24, 2.45) is 4.99 Å². The van der Waals surface area contributed by atoms with E-state index in [1.807, 2.05) is 36.4 Å². The molecule has 0 unspecified atom stereocenters. The van der Waals surface area contributed by atoms with Crippen LogP contribution in [0.3, 0.4) is 0 Å². The Bertz CT molecular complexity index is 873. The number of nitrogens with one attached hydrogen (secondary N) is 2. The van der Waals surface area contributed by atoms with Crippen LogP contribution in [-0.2, 0) is 16.7 Å². The predicted molar refractivity (Wildman–Crippen MR) is 136 cm³/mol. The molecule has 1 fully saturated rings. The number of benzene rings is 2. The Morgan fingerprint density at radius 1 is 1.10 bits per heavy atom. The van der Waals surface area contributed by atoms with Gasteiger partial charge in [0.1, 0.15) is 11.5 Å². The molecule has 1 saturated heterocycles. The zero-order valence-corrected chi connectivity index (χ0v) is 21.3. The second kappa shape index (κ2) is 12.4. The number of methoxy groups -OCH3 is 2. The molecule has 0 radical (unpaired) electrons. The molecule has 6 nitrogen and oxygen atoms in total. The molecule has 2 aromatic rings. The highest BCUT2D eigenvalue weighted by molar-refractivity contribution is 14.0. The van der Waals surface area contributed by atoms with Crippen molar-refractivity contribution in [1.82, 2.24) is 10.6 Å². The molecule has 0 amide bonds. The molecule has 1 heterocycles. The van der Waals surface area contributed by atoms with E-state index in [2.05, 4.69) is 21.7 Å². The van der Waals surface area contributed by atoms with Gasteiger partial charge in [-0.15, -0.1) is 24.0 Å².